The molecular formula is C17H26O3. The molecule has 0 spiro atoms. The Morgan fingerprint density at radius 1 is 1.15 bits per heavy atom. The molecule has 0 saturated heterocycles. The summed E-state index contributed by atoms with van der Waals surface area (Å²) in [6.45, 7) is 13.7. The number of hydrogen-bond donors (Lipinski definition) is 0. The van der Waals surface area contributed by atoms with Crippen LogP contribution in [0.25, 0.3) is 0 Å². The SMILES string of the molecule is CCC(C)(C)C(=O)Oc1ccc(OC(C)(C)C)c(C)c1. The zero-order valence-electron chi connectivity index (χ0n) is 13.7. The average Bonchev–Trinajstić information content (AvgIpc) is 2.31. The van der Waals surface area contributed by atoms with Gasteiger partial charge in [-0.15, -0.1) is 0 Å². The maximum atomic E-state index is 12.0. The third-order valence-electron chi connectivity index (χ3n) is 3.21. The molecule has 1 aromatic rings. The predicted octanol–water partition coefficient (Wildman–Crippen LogP) is 4.51. The van der Waals surface area contributed by atoms with Gasteiger partial charge in [0.2, 0.25) is 0 Å². The van der Waals surface area contributed by atoms with E-state index >= 15 is 0 Å². The summed E-state index contributed by atoms with van der Waals surface area (Å²) in [6.07, 6.45) is 0.746. The van der Waals surface area contributed by atoms with Crippen molar-refractivity contribution < 1.29 is 14.3 Å². The Morgan fingerprint density at radius 3 is 2.20 bits per heavy atom. The van der Waals surface area contributed by atoms with Crippen molar-refractivity contribution in [3.8, 4) is 11.5 Å². The van der Waals surface area contributed by atoms with Gasteiger partial charge in [-0.25, -0.2) is 0 Å². The Labute approximate surface area is 122 Å². The van der Waals surface area contributed by atoms with E-state index in [2.05, 4.69) is 0 Å². The summed E-state index contributed by atoms with van der Waals surface area (Å²) in [4.78, 5) is 12.0. The fraction of sp³-hybridized carbons (Fsp3) is 0.588. The smallest absolute Gasteiger partial charge is 0.316 e. The van der Waals surface area contributed by atoms with Gasteiger partial charge in [-0.1, -0.05) is 6.92 Å². The Hall–Kier alpha value is -1.51. The Kier molecular flexibility index (Phi) is 4.85. The largest absolute Gasteiger partial charge is 0.488 e. The molecule has 0 bridgehead atoms. The Balaban J connectivity index is 2.86. The molecule has 1 aromatic carbocycles. The summed E-state index contributed by atoms with van der Waals surface area (Å²) in [6, 6.07) is 5.46. The van der Waals surface area contributed by atoms with Gasteiger partial charge in [0.25, 0.3) is 0 Å². The summed E-state index contributed by atoms with van der Waals surface area (Å²) in [5.74, 6) is 1.17. The van der Waals surface area contributed by atoms with Crippen LogP contribution in [0.2, 0.25) is 0 Å². The first-order valence-corrected chi connectivity index (χ1v) is 7.07. The topological polar surface area (TPSA) is 35.5 Å². The number of ether oxygens (including phenoxy) is 2. The van der Waals surface area contributed by atoms with Gasteiger partial charge < -0.3 is 9.47 Å². The van der Waals surface area contributed by atoms with Crippen molar-refractivity contribution >= 4 is 5.97 Å². The molecule has 0 aliphatic rings. The van der Waals surface area contributed by atoms with Crippen molar-refractivity contribution in [2.24, 2.45) is 5.41 Å². The van der Waals surface area contributed by atoms with Gasteiger partial charge in [-0.2, -0.15) is 0 Å². The van der Waals surface area contributed by atoms with Crippen LogP contribution < -0.4 is 9.47 Å². The van der Waals surface area contributed by atoms with Crippen LogP contribution in [0.15, 0.2) is 18.2 Å². The van der Waals surface area contributed by atoms with E-state index in [0.29, 0.717) is 5.75 Å². The van der Waals surface area contributed by atoms with Crippen molar-refractivity contribution in [3.05, 3.63) is 23.8 Å². The molecule has 0 N–H and O–H groups in total. The number of hydrogen-bond acceptors (Lipinski definition) is 3. The molecule has 0 aliphatic carbocycles. The first-order chi connectivity index (χ1) is 9.05. The highest BCUT2D eigenvalue weighted by Crippen LogP contribution is 2.29. The zero-order chi connectivity index (χ0) is 15.6. The van der Waals surface area contributed by atoms with Crippen LogP contribution >= 0.6 is 0 Å². The van der Waals surface area contributed by atoms with Crippen LogP contribution in [0.3, 0.4) is 0 Å². The maximum absolute atomic E-state index is 12.0. The molecule has 0 heterocycles. The van der Waals surface area contributed by atoms with Gasteiger partial charge in [-0.05, 0) is 71.7 Å². The van der Waals surface area contributed by atoms with Crippen molar-refractivity contribution in [1.29, 1.82) is 0 Å². The minimum absolute atomic E-state index is 0.205. The molecule has 3 heteroatoms. The highest BCUT2D eigenvalue weighted by Gasteiger charge is 2.27. The molecule has 0 aliphatic heterocycles. The molecule has 0 fully saturated rings. The summed E-state index contributed by atoms with van der Waals surface area (Å²) in [5.41, 5.74) is 0.251. The van der Waals surface area contributed by atoms with Crippen molar-refractivity contribution in [2.75, 3.05) is 0 Å². The summed E-state index contributed by atoms with van der Waals surface area (Å²) < 4.78 is 11.3. The molecule has 0 radical (unpaired) electrons. The predicted molar refractivity (Wildman–Crippen MR) is 81.3 cm³/mol. The van der Waals surface area contributed by atoms with E-state index < -0.39 is 5.41 Å². The Bertz CT molecular complexity index is 481. The number of aryl methyl sites for hydroxylation is 1. The number of benzene rings is 1. The number of carbonyl (C=O) groups is 1. The van der Waals surface area contributed by atoms with Gasteiger partial charge >= 0.3 is 5.97 Å². The maximum Gasteiger partial charge on any atom is 0.316 e. The van der Waals surface area contributed by atoms with Crippen molar-refractivity contribution in [2.45, 2.75) is 60.5 Å². The lowest BCUT2D eigenvalue weighted by Gasteiger charge is -2.23. The summed E-state index contributed by atoms with van der Waals surface area (Å²) >= 11 is 0. The molecular weight excluding hydrogens is 252 g/mol. The van der Waals surface area contributed by atoms with Crippen LogP contribution in [-0.2, 0) is 4.79 Å². The van der Waals surface area contributed by atoms with Gasteiger partial charge in [0.05, 0.1) is 5.41 Å². The molecule has 0 aromatic heterocycles. The van der Waals surface area contributed by atoms with Crippen molar-refractivity contribution in [1.82, 2.24) is 0 Å². The van der Waals surface area contributed by atoms with Gasteiger partial charge in [0.1, 0.15) is 17.1 Å². The molecule has 20 heavy (non-hydrogen) atoms. The number of esters is 1. The average molecular weight is 278 g/mol. The van der Waals surface area contributed by atoms with Gasteiger partial charge in [0.15, 0.2) is 0 Å². The second-order valence-electron chi connectivity index (χ2n) is 6.77. The Morgan fingerprint density at radius 2 is 1.75 bits per heavy atom. The molecule has 1 rings (SSSR count). The van der Waals surface area contributed by atoms with Gasteiger partial charge in [0, 0.05) is 0 Å². The molecule has 0 atom stereocenters. The van der Waals surface area contributed by atoms with E-state index in [1.165, 1.54) is 0 Å². The lowest BCUT2D eigenvalue weighted by Crippen LogP contribution is -2.28. The zero-order valence-corrected chi connectivity index (χ0v) is 13.7. The highest BCUT2D eigenvalue weighted by molar-refractivity contribution is 5.78. The van der Waals surface area contributed by atoms with Crippen LogP contribution in [0.1, 0.15) is 53.5 Å². The lowest BCUT2D eigenvalue weighted by molar-refractivity contribution is -0.144. The van der Waals surface area contributed by atoms with E-state index in [1.54, 1.807) is 6.07 Å². The fourth-order valence-corrected chi connectivity index (χ4v) is 1.52. The van der Waals surface area contributed by atoms with E-state index in [-0.39, 0.29) is 11.6 Å². The highest BCUT2D eigenvalue weighted by atomic mass is 16.5. The van der Waals surface area contributed by atoms with Crippen LogP contribution in [-0.4, -0.2) is 11.6 Å². The van der Waals surface area contributed by atoms with E-state index in [9.17, 15) is 4.79 Å². The lowest BCUT2D eigenvalue weighted by atomic mass is 9.91. The summed E-state index contributed by atoms with van der Waals surface area (Å²) in [7, 11) is 0. The van der Waals surface area contributed by atoms with E-state index in [4.69, 9.17) is 9.47 Å². The third kappa shape index (κ3) is 4.55. The first-order valence-electron chi connectivity index (χ1n) is 7.07. The molecule has 0 saturated carbocycles. The molecule has 0 unspecified atom stereocenters. The second-order valence-corrected chi connectivity index (χ2v) is 6.77. The standard InChI is InChI=1S/C17H26O3/c1-8-17(6,7)15(18)19-13-9-10-14(12(2)11-13)20-16(3,4)5/h9-11H,8H2,1-7H3. The third-order valence-corrected chi connectivity index (χ3v) is 3.21. The quantitative estimate of drug-likeness (QED) is 0.600. The number of carbonyl (C=O) groups excluding carboxylic acids is 1. The monoisotopic (exact) mass is 278 g/mol. The molecule has 3 nitrogen and oxygen atoms in total. The molecule has 0 amide bonds. The van der Waals surface area contributed by atoms with Gasteiger partial charge in [-0.3, -0.25) is 4.79 Å². The molecule has 112 valence electrons. The minimum Gasteiger partial charge on any atom is -0.488 e. The van der Waals surface area contributed by atoms with Crippen LogP contribution in [0.4, 0.5) is 0 Å². The normalized spacial score (nSPS) is 12.2. The van der Waals surface area contributed by atoms with Crippen molar-refractivity contribution in [3.63, 3.8) is 0 Å². The number of rotatable bonds is 4. The van der Waals surface area contributed by atoms with E-state index in [0.717, 1.165) is 17.7 Å². The van der Waals surface area contributed by atoms with E-state index in [1.807, 2.05) is 60.6 Å². The summed E-state index contributed by atoms with van der Waals surface area (Å²) in [5, 5.41) is 0. The fourth-order valence-electron chi connectivity index (χ4n) is 1.52. The minimum atomic E-state index is -0.464. The van der Waals surface area contributed by atoms with Crippen LogP contribution in [0, 0.1) is 12.3 Å². The second kappa shape index (κ2) is 5.86. The first kappa shape index (κ1) is 16.5. The van der Waals surface area contributed by atoms with Crippen LogP contribution in [0.5, 0.6) is 11.5 Å².